The number of nitrogens with one attached hydrogen (secondary N) is 2. The van der Waals surface area contributed by atoms with E-state index in [0.29, 0.717) is 32.5 Å². The van der Waals surface area contributed by atoms with E-state index in [1.165, 1.54) is 0 Å². The summed E-state index contributed by atoms with van der Waals surface area (Å²) in [7, 11) is 1.67. The number of guanidine groups is 1. The summed E-state index contributed by atoms with van der Waals surface area (Å²) < 4.78 is 21.5. The van der Waals surface area contributed by atoms with Crippen molar-refractivity contribution in [2.45, 2.75) is 32.3 Å². The maximum Gasteiger partial charge on any atom is 0.191 e. The van der Waals surface area contributed by atoms with Crippen molar-refractivity contribution in [1.29, 1.82) is 0 Å². The van der Waals surface area contributed by atoms with Crippen molar-refractivity contribution in [3.05, 3.63) is 0 Å². The second-order valence-corrected chi connectivity index (χ2v) is 5.36. The molecule has 1 heterocycles. The topological polar surface area (TPSA) is 73.3 Å². The molecule has 0 saturated carbocycles. The highest BCUT2D eigenvalue weighted by atomic mass is 127. The van der Waals surface area contributed by atoms with Crippen LogP contribution in [0, 0.1) is 0 Å². The van der Waals surface area contributed by atoms with Crippen LogP contribution < -0.4 is 10.6 Å². The van der Waals surface area contributed by atoms with Crippen LogP contribution in [0.3, 0.4) is 0 Å². The van der Waals surface area contributed by atoms with Crippen LogP contribution in [-0.4, -0.2) is 78.4 Å². The van der Waals surface area contributed by atoms with Gasteiger partial charge < -0.3 is 29.6 Å². The largest absolute Gasteiger partial charge is 0.382 e. The van der Waals surface area contributed by atoms with Gasteiger partial charge in [-0.2, -0.15) is 0 Å². The number of hydrogen-bond acceptors (Lipinski definition) is 5. The molecule has 0 radical (unpaired) electrons. The Bertz CT molecular complexity index is 303. The molecule has 0 aromatic rings. The van der Waals surface area contributed by atoms with Crippen LogP contribution in [0.15, 0.2) is 4.99 Å². The van der Waals surface area contributed by atoms with E-state index in [2.05, 4.69) is 22.5 Å². The fraction of sp³-hybridized carbons (Fsp3) is 0.938. The van der Waals surface area contributed by atoms with E-state index in [-0.39, 0.29) is 24.0 Å². The standard InChI is InChI=1S/C16H33N3O4.HI/c1-3-17-16(19-8-11-21-13-12-20-2)18-7-5-9-22-14-15-6-4-10-23-15;/h15H,3-14H2,1-2H3,(H2,17,18,19);1H. The molecule has 1 aliphatic rings. The summed E-state index contributed by atoms with van der Waals surface area (Å²) in [4.78, 5) is 4.52. The maximum absolute atomic E-state index is 5.63. The molecule has 0 bridgehead atoms. The minimum Gasteiger partial charge on any atom is -0.382 e. The number of ether oxygens (including phenoxy) is 4. The first-order valence-corrected chi connectivity index (χ1v) is 8.65. The Morgan fingerprint density at radius 2 is 2.04 bits per heavy atom. The van der Waals surface area contributed by atoms with Crippen LogP contribution in [0.1, 0.15) is 26.2 Å². The first kappa shape index (κ1) is 23.8. The summed E-state index contributed by atoms with van der Waals surface area (Å²) >= 11 is 0. The summed E-state index contributed by atoms with van der Waals surface area (Å²) in [5.41, 5.74) is 0. The molecule has 144 valence electrons. The molecule has 0 aliphatic carbocycles. The van der Waals surface area contributed by atoms with Gasteiger partial charge in [0.05, 0.1) is 32.5 Å². The van der Waals surface area contributed by atoms with Gasteiger partial charge in [-0.25, -0.2) is 0 Å². The number of hydrogen-bond donors (Lipinski definition) is 2. The first-order valence-electron chi connectivity index (χ1n) is 8.65. The smallest absolute Gasteiger partial charge is 0.191 e. The predicted octanol–water partition coefficient (Wildman–Crippen LogP) is 1.41. The van der Waals surface area contributed by atoms with Crippen LogP contribution in [0.2, 0.25) is 0 Å². The van der Waals surface area contributed by atoms with Gasteiger partial charge in [0.15, 0.2) is 5.96 Å². The van der Waals surface area contributed by atoms with Crippen molar-refractivity contribution in [3.8, 4) is 0 Å². The third-order valence-corrected chi connectivity index (χ3v) is 3.36. The van der Waals surface area contributed by atoms with Crippen LogP contribution in [0.5, 0.6) is 0 Å². The van der Waals surface area contributed by atoms with Gasteiger partial charge in [-0.3, -0.25) is 4.99 Å². The van der Waals surface area contributed by atoms with Gasteiger partial charge in [-0.1, -0.05) is 0 Å². The Hall–Kier alpha value is -0.160. The lowest BCUT2D eigenvalue weighted by Gasteiger charge is -2.12. The number of aliphatic imine (C=N–C) groups is 1. The second-order valence-electron chi connectivity index (χ2n) is 5.36. The van der Waals surface area contributed by atoms with Crippen LogP contribution in [-0.2, 0) is 18.9 Å². The van der Waals surface area contributed by atoms with Gasteiger partial charge >= 0.3 is 0 Å². The molecule has 0 aromatic heterocycles. The number of nitrogens with zero attached hydrogens (tertiary/aromatic N) is 1. The van der Waals surface area contributed by atoms with E-state index in [9.17, 15) is 0 Å². The Kier molecular flexibility index (Phi) is 17.5. The summed E-state index contributed by atoms with van der Waals surface area (Å²) in [6.07, 6.45) is 3.49. The molecule has 1 atom stereocenters. The molecule has 1 unspecified atom stereocenters. The minimum absolute atomic E-state index is 0. The molecule has 24 heavy (non-hydrogen) atoms. The van der Waals surface area contributed by atoms with E-state index in [4.69, 9.17) is 18.9 Å². The molecule has 7 nitrogen and oxygen atoms in total. The molecule has 1 rings (SSSR count). The third kappa shape index (κ3) is 13.2. The molecule has 0 spiro atoms. The zero-order valence-corrected chi connectivity index (χ0v) is 17.4. The van der Waals surface area contributed by atoms with Gasteiger partial charge in [0.25, 0.3) is 0 Å². The summed E-state index contributed by atoms with van der Waals surface area (Å²) in [5, 5.41) is 6.46. The second kappa shape index (κ2) is 17.7. The van der Waals surface area contributed by atoms with E-state index in [0.717, 1.165) is 58.1 Å². The van der Waals surface area contributed by atoms with Crippen LogP contribution >= 0.6 is 24.0 Å². The fourth-order valence-electron chi connectivity index (χ4n) is 2.18. The number of methoxy groups -OCH3 is 1. The van der Waals surface area contributed by atoms with Crippen LogP contribution in [0.25, 0.3) is 0 Å². The van der Waals surface area contributed by atoms with Crippen molar-refractivity contribution in [1.82, 2.24) is 10.6 Å². The van der Waals surface area contributed by atoms with Crippen molar-refractivity contribution in [2.24, 2.45) is 4.99 Å². The molecular weight excluding hydrogens is 425 g/mol. The average molecular weight is 459 g/mol. The molecule has 1 saturated heterocycles. The van der Waals surface area contributed by atoms with Gasteiger partial charge in [0, 0.05) is 40.0 Å². The summed E-state index contributed by atoms with van der Waals surface area (Å²) in [6, 6.07) is 0. The summed E-state index contributed by atoms with van der Waals surface area (Å²) in [5.74, 6) is 0.821. The molecule has 0 amide bonds. The van der Waals surface area contributed by atoms with E-state index >= 15 is 0 Å². The molecule has 2 N–H and O–H groups in total. The van der Waals surface area contributed by atoms with Crippen molar-refractivity contribution < 1.29 is 18.9 Å². The van der Waals surface area contributed by atoms with Crippen LogP contribution in [0.4, 0.5) is 0 Å². The van der Waals surface area contributed by atoms with Gasteiger partial charge in [-0.05, 0) is 26.2 Å². The minimum atomic E-state index is 0. The highest BCUT2D eigenvalue weighted by Gasteiger charge is 2.14. The Morgan fingerprint density at radius 3 is 2.75 bits per heavy atom. The monoisotopic (exact) mass is 459 g/mol. The Labute approximate surface area is 163 Å². The Balaban J connectivity index is 0.00000529. The van der Waals surface area contributed by atoms with E-state index in [1.54, 1.807) is 7.11 Å². The zero-order chi connectivity index (χ0) is 16.6. The summed E-state index contributed by atoms with van der Waals surface area (Å²) in [6.45, 7) is 8.56. The van der Waals surface area contributed by atoms with E-state index < -0.39 is 0 Å². The molecule has 8 heteroatoms. The van der Waals surface area contributed by atoms with E-state index in [1.807, 2.05) is 0 Å². The Morgan fingerprint density at radius 1 is 1.17 bits per heavy atom. The van der Waals surface area contributed by atoms with Crippen molar-refractivity contribution >= 4 is 29.9 Å². The lowest BCUT2D eigenvalue weighted by Crippen LogP contribution is -2.39. The average Bonchev–Trinajstić information content (AvgIpc) is 3.07. The van der Waals surface area contributed by atoms with Gasteiger partial charge in [0.2, 0.25) is 0 Å². The molecule has 1 fully saturated rings. The fourth-order valence-corrected chi connectivity index (χ4v) is 2.18. The highest BCUT2D eigenvalue weighted by molar-refractivity contribution is 14.0. The van der Waals surface area contributed by atoms with Crippen molar-refractivity contribution in [2.75, 3.05) is 66.4 Å². The normalized spacial score (nSPS) is 17.6. The quantitative estimate of drug-likeness (QED) is 0.188. The first-order chi connectivity index (χ1) is 11.4. The SMILES string of the molecule is CCNC(=NCCCOCC1CCCO1)NCCOCCOC.I. The predicted molar refractivity (Wildman–Crippen MR) is 107 cm³/mol. The zero-order valence-electron chi connectivity index (χ0n) is 15.1. The third-order valence-electron chi connectivity index (χ3n) is 3.36. The number of halogens is 1. The highest BCUT2D eigenvalue weighted by Crippen LogP contribution is 2.11. The maximum atomic E-state index is 5.63. The van der Waals surface area contributed by atoms with Gasteiger partial charge in [0.1, 0.15) is 0 Å². The molecule has 1 aliphatic heterocycles. The number of rotatable bonds is 13. The van der Waals surface area contributed by atoms with Gasteiger partial charge in [-0.15, -0.1) is 24.0 Å². The van der Waals surface area contributed by atoms with Crippen molar-refractivity contribution in [3.63, 3.8) is 0 Å². The molecule has 0 aromatic carbocycles. The molecular formula is C16H34IN3O4. The lowest BCUT2D eigenvalue weighted by molar-refractivity contribution is 0.0171. The lowest BCUT2D eigenvalue weighted by atomic mass is 10.2.